The molecular weight excluding hydrogens is 367 g/mol. The molecule has 0 unspecified atom stereocenters. The molecule has 6 nitrogen and oxygen atoms in total. The van der Waals surface area contributed by atoms with Crippen LogP contribution in [0.3, 0.4) is 0 Å². The molecule has 1 saturated heterocycles. The standard InChI is InChI=1S/C16H20ClFN4O2S/c1-12-13(16(17)20(2)19-12)11-21-7-9-22(10-8-21)25(23,24)15-6-4-3-5-14(15)18/h3-6H,7-11H2,1-2H3. The molecule has 1 aromatic heterocycles. The molecule has 1 aliphatic heterocycles. The van der Waals surface area contributed by atoms with Crippen LogP contribution in [0.4, 0.5) is 4.39 Å². The Morgan fingerprint density at radius 2 is 1.84 bits per heavy atom. The third-order valence-corrected chi connectivity index (χ3v) is 6.84. The van der Waals surface area contributed by atoms with E-state index in [2.05, 4.69) is 10.00 Å². The summed E-state index contributed by atoms with van der Waals surface area (Å²) in [5.74, 6) is -0.720. The summed E-state index contributed by atoms with van der Waals surface area (Å²) in [7, 11) is -2.02. The zero-order valence-corrected chi connectivity index (χ0v) is 15.7. The molecule has 1 fully saturated rings. The van der Waals surface area contributed by atoms with E-state index in [9.17, 15) is 12.8 Å². The third-order valence-electron chi connectivity index (χ3n) is 4.44. The van der Waals surface area contributed by atoms with Gasteiger partial charge >= 0.3 is 0 Å². The maximum atomic E-state index is 13.9. The van der Waals surface area contributed by atoms with Gasteiger partial charge in [0.25, 0.3) is 0 Å². The molecule has 2 heterocycles. The van der Waals surface area contributed by atoms with E-state index < -0.39 is 15.8 Å². The minimum Gasteiger partial charge on any atom is -0.296 e. The Kier molecular flexibility index (Phi) is 5.15. The molecule has 136 valence electrons. The zero-order valence-electron chi connectivity index (χ0n) is 14.1. The van der Waals surface area contributed by atoms with Crippen LogP contribution in [0.2, 0.25) is 5.15 Å². The second kappa shape index (κ2) is 7.03. The molecule has 0 radical (unpaired) electrons. The van der Waals surface area contributed by atoms with Crippen molar-refractivity contribution in [2.24, 2.45) is 7.05 Å². The molecule has 1 aromatic carbocycles. The minimum absolute atomic E-state index is 0.269. The summed E-state index contributed by atoms with van der Waals surface area (Å²) in [5, 5.41) is 4.89. The first kappa shape index (κ1) is 18.3. The van der Waals surface area contributed by atoms with Gasteiger partial charge in [-0.1, -0.05) is 23.7 Å². The van der Waals surface area contributed by atoms with Crippen molar-refractivity contribution in [3.8, 4) is 0 Å². The van der Waals surface area contributed by atoms with E-state index in [1.54, 1.807) is 11.7 Å². The monoisotopic (exact) mass is 386 g/mol. The van der Waals surface area contributed by atoms with Crippen molar-refractivity contribution in [2.75, 3.05) is 26.2 Å². The summed E-state index contributed by atoms with van der Waals surface area (Å²) in [6.45, 7) is 4.25. The maximum Gasteiger partial charge on any atom is 0.246 e. The third kappa shape index (κ3) is 3.57. The highest BCUT2D eigenvalue weighted by Crippen LogP contribution is 2.23. The van der Waals surface area contributed by atoms with Gasteiger partial charge in [-0.25, -0.2) is 12.8 Å². The molecule has 0 bridgehead atoms. The SMILES string of the molecule is Cc1nn(C)c(Cl)c1CN1CCN(S(=O)(=O)c2ccccc2F)CC1. The lowest BCUT2D eigenvalue weighted by molar-refractivity contribution is 0.181. The Hall–Kier alpha value is -1.48. The van der Waals surface area contributed by atoms with Gasteiger partial charge in [0, 0.05) is 45.3 Å². The molecule has 9 heteroatoms. The van der Waals surface area contributed by atoms with E-state index in [-0.39, 0.29) is 4.90 Å². The van der Waals surface area contributed by atoms with E-state index in [1.165, 1.54) is 22.5 Å². The number of piperazine rings is 1. The van der Waals surface area contributed by atoms with E-state index >= 15 is 0 Å². The topological polar surface area (TPSA) is 58.4 Å². The first-order valence-electron chi connectivity index (χ1n) is 7.95. The van der Waals surface area contributed by atoms with Crippen molar-refractivity contribution in [1.82, 2.24) is 19.0 Å². The summed E-state index contributed by atoms with van der Waals surface area (Å²) in [6.07, 6.45) is 0. The van der Waals surface area contributed by atoms with Gasteiger partial charge in [0.1, 0.15) is 15.9 Å². The van der Waals surface area contributed by atoms with Crippen molar-refractivity contribution in [3.63, 3.8) is 0 Å². The number of sulfonamides is 1. The highest BCUT2D eigenvalue weighted by Gasteiger charge is 2.30. The predicted molar refractivity (Wildman–Crippen MR) is 93.4 cm³/mol. The van der Waals surface area contributed by atoms with Crippen molar-refractivity contribution < 1.29 is 12.8 Å². The van der Waals surface area contributed by atoms with E-state index in [0.29, 0.717) is 37.9 Å². The van der Waals surface area contributed by atoms with Crippen molar-refractivity contribution in [1.29, 1.82) is 0 Å². The molecule has 0 spiro atoms. The number of nitrogens with zero attached hydrogens (tertiary/aromatic N) is 4. The summed E-state index contributed by atoms with van der Waals surface area (Å²) >= 11 is 6.26. The van der Waals surface area contributed by atoms with Crippen LogP contribution in [0.1, 0.15) is 11.3 Å². The van der Waals surface area contributed by atoms with Gasteiger partial charge in [-0.2, -0.15) is 9.40 Å². The van der Waals surface area contributed by atoms with Crippen LogP contribution in [-0.4, -0.2) is 53.6 Å². The molecule has 1 aliphatic rings. The van der Waals surface area contributed by atoms with Gasteiger partial charge in [0.2, 0.25) is 10.0 Å². The average Bonchev–Trinajstić information content (AvgIpc) is 2.82. The second-order valence-electron chi connectivity index (χ2n) is 6.09. The van der Waals surface area contributed by atoms with Gasteiger partial charge in [-0.3, -0.25) is 9.58 Å². The van der Waals surface area contributed by atoms with Crippen LogP contribution in [0.25, 0.3) is 0 Å². The first-order chi connectivity index (χ1) is 11.8. The van der Waals surface area contributed by atoms with E-state index in [1.807, 2.05) is 6.92 Å². The van der Waals surface area contributed by atoms with Gasteiger partial charge in [0.05, 0.1) is 5.69 Å². The molecule has 2 aromatic rings. The number of benzene rings is 1. The van der Waals surface area contributed by atoms with Crippen LogP contribution in [0, 0.1) is 12.7 Å². The normalized spacial score (nSPS) is 17.1. The largest absolute Gasteiger partial charge is 0.296 e. The Balaban J connectivity index is 1.69. The molecular formula is C16H20ClFN4O2S. The van der Waals surface area contributed by atoms with Crippen LogP contribution in [-0.2, 0) is 23.6 Å². The summed E-state index contributed by atoms with van der Waals surface area (Å²) < 4.78 is 42.1. The fourth-order valence-corrected chi connectivity index (χ4v) is 4.72. The number of rotatable bonds is 4. The molecule has 0 saturated carbocycles. The smallest absolute Gasteiger partial charge is 0.246 e. The Bertz CT molecular complexity index is 876. The lowest BCUT2D eigenvalue weighted by Crippen LogP contribution is -2.48. The second-order valence-corrected chi connectivity index (χ2v) is 8.35. The van der Waals surface area contributed by atoms with Crippen LogP contribution < -0.4 is 0 Å². The van der Waals surface area contributed by atoms with Gasteiger partial charge in [-0.15, -0.1) is 0 Å². The highest BCUT2D eigenvalue weighted by molar-refractivity contribution is 7.89. The molecule has 3 rings (SSSR count). The summed E-state index contributed by atoms with van der Waals surface area (Å²) in [6, 6.07) is 5.47. The predicted octanol–water partition coefficient (Wildman–Crippen LogP) is 2.03. The van der Waals surface area contributed by atoms with Gasteiger partial charge < -0.3 is 0 Å². The maximum absolute atomic E-state index is 13.9. The fourth-order valence-electron chi connectivity index (χ4n) is 3.00. The molecule has 0 aliphatic carbocycles. The number of hydrogen-bond donors (Lipinski definition) is 0. The lowest BCUT2D eigenvalue weighted by atomic mass is 10.2. The molecule has 0 N–H and O–H groups in total. The Labute approximate surface area is 151 Å². The van der Waals surface area contributed by atoms with Crippen LogP contribution in [0.5, 0.6) is 0 Å². The lowest BCUT2D eigenvalue weighted by Gasteiger charge is -2.34. The van der Waals surface area contributed by atoms with Crippen molar-refractivity contribution >= 4 is 21.6 Å². The average molecular weight is 387 g/mol. The number of hydrogen-bond acceptors (Lipinski definition) is 4. The zero-order chi connectivity index (χ0) is 18.2. The number of aromatic nitrogens is 2. The van der Waals surface area contributed by atoms with Gasteiger partial charge in [-0.05, 0) is 19.1 Å². The van der Waals surface area contributed by atoms with Crippen molar-refractivity contribution in [2.45, 2.75) is 18.4 Å². The Morgan fingerprint density at radius 3 is 2.40 bits per heavy atom. The molecule has 0 atom stereocenters. The van der Waals surface area contributed by atoms with Crippen molar-refractivity contribution in [3.05, 3.63) is 46.5 Å². The van der Waals surface area contributed by atoms with Gasteiger partial charge in [0.15, 0.2) is 0 Å². The minimum atomic E-state index is -3.81. The Morgan fingerprint density at radius 1 is 1.20 bits per heavy atom. The molecule has 0 amide bonds. The highest BCUT2D eigenvalue weighted by atomic mass is 35.5. The summed E-state index contributed by atoms with van der Waals surface area (Å²) in [4.78, 5) is 1.86. The first-order valence-corrected chi connectivity index (χ1v) is 9.77. The van der Waals surface area contributed by atoms with Crippen LogP contribution >= 0.6 is 11.6 Å². The van der Waals surface area contributed by atoms with E-state index in [4.69, 9.17) is 11.6 Å². The van der Waals surface area contributed by atoms with Crippen LogP contribution in [0.15, 0.2) is 29.2 Å². The van der Waals surface area contributed by atoms with E-state index in [0.717, 1.165) is 17.3 Å². The quantitative estimate of drug-likeness (QED) is 0.806. The number of aryl methyl sites for hydroxylation is 2. The number of halogens is 2. The fraction of sp³-hybridized carbons (Fsp3) is 0.438. The molecule has 25 heavy (non-hydrogen) atoms. The summed E-state index contributed by atoms with van der Waals surface area (Å²) in [5.41, 5.74) is 1.82.